The Morgan fingerprint density at radius 3 is 2.42 bits per heavy atom. The smallest absolute Gasteiger partial charge is 0.322 e. The molecule has 1 aliphatic heterocycles. The molecule has 1 heterocycles. The fraction of sp³-hybridized carbons (Fsp3) is 0.316. The number of halogens is 2. The number of nitrogens with zero attached hydrogens (tertiary/aromatic N) is 2. The largest absolute Gasteiger partial charge is 0.495 e. The first-order valence-corrected chi connectivity index (χ1v) is 9.14. The van der Waals surface area contributed by atoms with Gasteiger partial charge in [0.2, 0.25) is 0 Å². The van der Waals surface area contributed by atoms with E-state index in [1.165, 1.54) is 0 Å². The van der Waals surface area contributed by atoms with Gasteiger partial charge in [0.05, 0.1) is 22.8 Å². The van der Waals surface area contributed by atoms with Crippen molar-refractivity contribution in [2.24, 2.45) is 0 Å². The van der Waals surface area contributed by atoms with Gasteiger partial charge < -0.3 is 19.9 Å². The molecule has 26 heavy (non-hydrogen) atoms. The van der Waals surface area contributed by atoms with E-state index in [4.69, 9.17) is 27.9 Å². The summed E-state index contributed by atoms with van der Waals surface area (Å²) in [4.78, 5) is 16.6. The molecule has 1 fully saturated rings. The molecule has 3 rings (SSSR count). The number of rotatable bonds is 3. The maximum atomic E-state index is 12.6. The molecule has 0 bridgehead atoms. The average molecular weight is 394 g/mol. The number of aryl methyl sites for hydroxylation is 1. The lowest BCUT2D eigenvalue weighted by atomic mass is 10.2. The number of urea groups is 1. The topological polar surface area (TPSA) is 44.8 Å². The van der Waals surface area contributed by atoms with E-state index in [1.807, 2.05) is 37.3 Å². The number of amides is 2. The van der Waals surface area contributed by atoms with Crippen LogP contribution in [0, 0.1) is 6.92 Å². The zero-order valence-corrected chi connectivity index (χ0v) is 16.3. The summed E-state index contributed by atoms with van der Waals surface area (Å²) in [7, 11) is 1.59. The number of hydrogen-bond acceptors (Lipinski definition) is 3. The molecule has 1 saturated heterocycles. The Bertz CT molecular complexity index is 805. The number of hydrogen-bond donors (Lipinski definition) is 1. The first-order valence-electron chi connectivity index (χ1n) is 8.38. The van der Waals surface area contributed by atoms with E-state index < -0.39 is 0 Å². The number of benzene rings is 2. The monoisotopic (exact) mass is 393 g/mol. The molecule has 0 aromatic heterocycles. The quantitative estimate of drug-likeness (QED) is 0.823. The minimum absolute atomic E-state index is 0.123. The van der Waals surface area contributed by atoms with Gasteiger partial charge in [-0.3, -0.25) is 0 Å². The van der Waals surface area contributed by atoms with Crippen molar-refractivity contribution in [3.63, 3.8) is 0 Å². The van der Waals surface area contributed by atoms with Crippen molar-refractivity contribution < 1.29 is 9.53 Å². The summed E-state index contributed by atoms with van der Waals surface area (Å²) >= 11 is 12.1. The molecule has 0 saturated carbocycles. The van der Waals surface area contributed by atoms with Crippen LogP contribution >= 0.6 is 23.2 Å². The Morgan fingerprint density at radius 2 is 1.77 bits per heavy atom. The molecule has 7 heteroatoms. The van der Waals surface area contributed by atoms with Crippen molar-refractivity contribution in [3.8, 4) is 5.75 Å². The first-order chi connectivity index (χ1) is 12.5. The maximum absolute atomic E-state index is 12.6. The second kappa shape index (κ2) is 8.06. The fourth-order valence-corrected chi connectivity index (χ4v) is 3.26. The van der Waals surface area contributed by atoms with Crippen LogP contribution in [0.5, 0.6) is 5.75 Å². The predicted molar refractivity (Wildman–Crippen MR) is 107 cm³/mol. The molecule has 0 unspecified atom stereocenters. The molecule has 1 N–H and O–H groups in total. The van der Waals surface area contributed by atoms with Crippen molar-refractivity contribution in [1.29, 1.82) is 0 Å². The number of anilines is 2. The highest BCUT2D eigenvalue weighted by atomic mass is 35.5. The Labute approximate surface area is 163 Å². The molecule has 138 valence electrons. The van der Waals surface area contributed by atoms with Gasteiger partial charge in [-0.1, -0.05) is 29.3 Å². The summed E-state index contributed by atoms with van der Waals surface area (Å²) < 4.78 is 5.32. The van der Waals surface area contributed by atoms with E-state index in [-0.39, 0.29) is 6.03 Å². The second-order valence-electron chi connectivity index (χ2n) is 6.21. The van der Waals surface area contributed by atoms with Gasteiger partial charge in [0.1, 0.15) is 5.75 Å². The molecule has 0 spiro atoms. The molecule has 0 atom stereocenters. The third kappa shape index (κ3) is 4.17. The van der Waals surface area contributed by atoms with Crippen molar-refractivity contribution in [3.05, 3.63) is 52.0 Å². The fourth-order valence-electron chi connectivity index (χ4n) is 2.96. The van der Waals surface area contributed by atoms with Crippen LogP contribution in [0.3, 0.4) is 0 Å². The van der Waals surface area contributed by atoms with Crippen LogP contribution in [0.15, 0.2) is 36.4 Å². The zero-order valence-electron chi connectivity index (χ0n) is 14.8. The molecular weight excluding hydrogens is 373 g/mol. The van der Waals surface area contributed by atoms with Crippen LogP contribution in [-0.2, 0) is 0 Å². The van der Waals surface area contributed by atoms with Crippen LogP contribution in [0.25, 0.3) is 0 Å². The summed E-state index contributed by atoms with van der Waals surface area (Å²) in [5.74, 6) is 0.651. The van der Waals surface area contributed by atoms with Gasteiger partial charge in [-0.2, -0.15) is 0 Å². The molecule has 5 nitrogen and oxygen atoms in total. The Balaban J connectivity index is 1.62. The maximum Gasteiger partial charge on any atom is 0.322 e. The molecule has 1 aliphatic rings. The van der Waals surface area contributed by atoms with Crippen LogP contribution in [0.2, 0.25) is 10.0 Å². The van der Waals surface area contributed by atoms with E-state index in [2.05, 4.69) is 10.2 Å². The van der Waals surface area contributed by atoms with Crippen molar-refractivity contribution in [2.75, 3.05) is 43.5 Å². The lowest BCUT2D eigenvalue weighted by Crippen LogP contribution is -2.50. The summed E-state index contributed by atoms with van der Waals surface area (Å²) in [5, 5.41) is 4.03. The van der Waals surface area contributed by atoms with Gasteiger partial charge in [0.15, 0.2) is 0 Å². The van der Waals surface area contributed by atoms with Gasteiger partial charge in [-0.25, -0.2) is 4.79 Å². The van der Waals surface area contributed by atoms with E-state index in [9.17, 15) is 4.79 Å². The molecule has 2 amide bonds. The molecular formula is C19H21Cl2N3O2. The minimum Gasteiger partial charge on any atom is -0.495 e. The van der Waals surface area contributed by atoms with Crippen LogP contribution < -0.4 is 15.0 Å². The number of piperazine rings is 1. The summed E-state index contributed by atoms with van der Waals surface area (Å²) in [6, 6.07) is 11.2. The summed E-state index contributed by atoms with van der Waals surface area (Å²) in [5.41, 5.74) is 2.76. The lowest BCUT2D eigenvalue weighted by Gasteiger charge is -2.36. The second-order valence-corrected chi connectivity index (χ2v) is 7.02. The zero-order chi connectivity index (χ0) is 18.7. The Kier molecular flexibility index (Phi) is 5.79. The van der Waals surface area contributed by atoms with Crippen molar-refractivity contribution >= 4 is 40.6 Å². The summed E-state index contributed by atoms with van der Waals surface area (Å²) in [6.45, 7) is 4.69. The number of nitrogens with one attached hydrogen (secondary N) is 1. The third-order valence-electron chi connectivity index (χ3n) is 4.43. The Hall–Kier alpha value is -2.11. The highest BCUT2D eigenvalue weighted by Crippen LogP contribution is 2.28. The van der Waals surface area contributed by atoms with Gasteiger partial charge in [-0.15, -0.1) is 0 Å². The highest BCUT2D eigenvalue weighted by molar-refractivity contribution is 6.42. The van der Waals surface area contributed by atoms with Crippen LogP contribution in [0.4, 0.5) is 16.2 Å². The van der Waals surface area contributed by atoms with Gasteiger partial charge in [-0.05, 0) is 42.8 Å². The molecule has 0 radical (unpaired) electrons. The molecule has 2 aromatic rings. The van der Waals surface area contributed by atoms with Gasteiger partial charge >= 0.3 is 6.03 Å². The molecule has 2 aromatic carbocycles. The lowest BCUT2D eigenvalue weighted by molar-refractivity contribution is 0.208. The Morgan fingerprint density at radius 1 is 1.04 bits per heavy atom. The average Bonchev–Trinajstić information content (AvgIpc) is 2.64. The van der Waals surface area contributed by atoms with Crippen molar-refractivity contribution in [2.45, 2.75) is 6.92 Å². The highest BCUT2D eigenvalue weighted by Gasteiger charge is 2.22. The van der Waals surface area contributed by atoms with E-state index in [1.54, 1.807) is 18.1 Å². The summed E-state index contributed by atoms with van der Waals surface area (Å²) in [6.07, 6.45) is 0. The third-order valence-corrected chi connectivity index (χ3v) is 5.17. The number of carbonyl (C=O) groups is 1. The standard InChI is InChI=1S/C19H21Cl2N3O2/c1-13-3-6-18(26-2)17(11-13)22-19(25)24-9-7-23(8-10-24)14-4-5-15(20)16(21)12-14/h3-6,11-12H,7-10H2,1-2H3,(H,22,25). The van der Waals surface area contributed by atoms with Crippen LogP contribution in [0.1, 0.15) is 5.56 Å². The SMILES string of the molecule is COc1ccc(C)cc1NC(=O)N1CCN(c2ccc(Cl)c(Cl)c2)CC1. The minimum atomic E-state index is -0.123. The first kappa shape index (κ1) is 18.7. The van der Waals surface area contributed by atoms with E-state index in [0.717, 1.165) is 24.3 Å². The number of methoxy groups -OCH3 is 1. The van der Waals surface area contributed by atoms with E-state index >= 15 is 0 Å². The molecule has 0 aliphatic carbocycles. The number of carbonyl (C=O) groups excluding carboxylic acids is 1. The van der Waals surface area contributed by atoms with Gasteiger partial charge in [0, 0.05) is 31.9 Å². The van der Waals surface area contributed by atoms with Crippen molar-refractivity contribution in [1.82, 2.24) is 4.90 Å². The van der Waals surface area contributed by atoms with Crippen LogP contribution in [-0.4, -0.2) is 44.2 Å². The predicted octanol–water partition coefficient (Wildman–Crippen LogP) is 4.66. The van der Waals surface area contributed by atoms with E-state index in [0.29, 0.717) is 34.6 Å². The normalized spacial score (nSPS) is 14.3. The number of ether oxygens (including phenoxy) is 1. The van der Waals surface area contributed by atoms with Gasteiger partial charge in [0.25, 0.3) is 0 Å².